The van der Waals surface area contributed by atoms with Crippen LogP contribution in [-0.2, 0) is 0 Å². The highest BCUT2D eigenvalue weighted by Crippen LogP contribution is 2.33. The summed E-state index contributed by atoms with van der Waals surface area (Å²) in [6.07, 6.45) is 0. The molecule has 0 rings (SSSR count). The van der Waals surface area contributed by atoms with Crippen LogP contribution in [0.3, 0.4) is 0 Å². The van der Waals surface area contributed by atoms with Crippen molar-refractivity contribution in [3.05, 3.63) is 0 Å². The van der Waals surface area contributed by atoms with Crippen LogP contribution < -0.4 is 0 Å². The normalized spacial score (nSPS) is 12.0. The van der Waals surface area contributed by atoms with E-state index in [1.54, 1.807) is 10.8 Å². The van der Waals surface area contributed by atoms with E-state index in [1.807, 2.05) is 0 Å². The van der Waals surface area contributed by atoms with Crippen LogP contribution >= 0.6 is 21.6 Å². The molecule has 8 heavy (non-hydrogen) atoms. The van der Waals surface area contributed by atoms with Crippen molar-refractivity contribution < 1.29 is 5.11 Å². The summed E-state index contributed by atoms with van der Waals surface area (Å²) in [5.74, 6) is 0.210. The van der Waals surface area contributed by atoms with Crippen LogP contribution in [0.4, 0.5) is 0 Å². The number of aliphatic hydroxyl groups excluding tert-OH is 1. The highest BCUT2D eigenvalue weighted by molar-refractivity contribution is 8.77. The Hall–Kier alpha value is 0.660. The third kappa shape index (κ3) is 6.66. The quantitative estimate of drug-likeness (QED) is 0.483. The van der Waals surface area contributed by atoms with Crippen LogP contribution in [-0.4, -0.2) is 15.8 Å². The molecule has 50 valence electrons. The van der Waals surface area contributed by atoms with Gasteiger partial charge in [-0.15, -0.1) is 0 Å². The van der Waals surface area contributed by atoms with Crippen LogP contribution in [0.2, 0.25) is 0 Å². The molecule has 0 radical (unpaired) electrons. The van der Waals surface area contributed by atoms with Crippen molar-refractivity contribution in [3.8, 4) is 0 Å². The fourth-order valence-corrected chi connectivity index (χ4v) is 1.83. The first-order valence-electron chi connectivity index (χ1n) is 2.48. The fourth-order valence-electron chi connectivity index (χ4n) is 0.203. The standard InChI is InChI=1S/C5H12OS2/c1-5(2,3)8-7-4-6/h6H,4H2,1-3H3. The van der Waals surface area contributed by atoms with Gasteiger partial charge in [0, 0.05) is 4.75 Å². The molecule has 1 N–H and O–H groups in total. The van der Waals surface area contributed by atoms with Gasteiger partial charge >= 0.3 is 0 Å². The first-order valence-corrected chi connectivity index (χ1v) is 4.79. The minimum atomic E-state index is 0.210. The van der Waals surface area contributed by atoms with E-state index in [0.29, 0.717) is 0 Å². The third-order valence-corrected chi connectivity index (χ3v) is 3.25. The molecule has 3 heteroatoms. The molecule has 0 saturated carbocycles. The van der Waals surface area contributed by atoms with E-state index >= 15 is 0 Å². The molecule has 0 aliphatic heterocycles. The van der Waals surface area contributed by atoms with E-state index in [0.717, 1.165) is 0 Å². The SMILES string of the molecule is CC(C)(C)SSCO. The molecule has 0 aromatic carbocycles. The zero-order valence-electron chi connectivity index (χ0n) is 5.47. The van der Waals surface area contributed by atoms with Gasteiger partial charge in [-0.2, -0.15) is 0 Å². The molecule has 1 nitrogen and oxygen atoms in total. The van der Waals surface area contributed by atoms with E-state index in [1.165, 1.54) is 10.8 Å². The summed E-state index contributed by atoms with van der Waals surface area (Å²) in [4.78, 5) is 0. The molecule has 0 saturated heterocycles. The molecule has 0 amide bonds. The summed E-state index contributed by atoms with van der Waals surface area (Å²) >= 11 is 0. The van der Waals surface area contributed by atoms with Crippen LogP contribution in [0.25, 0.3) is 0 Å². The van der Waals surface area contributed by atoms with Gasteiger partial charge in [-0.1, -0.05) is 42.4 Å². The van der Waals surface area contributed by atoms with Gasteiger partial charge in [0.25, 0.3) is 0 Å². The maximum atomic E-state index is 8.37. The van der Waals surface area contributed by atoms with Crippen LogP contribution in [0.1, 0.15) is 20.8 Å². The lowest BCUT2D eigenvalue weighted by Gasteiger charge is -2.14. The number of hydrogen-bond acceptors (Lipinski definition) is 3. The molecule has 0 aliphatic carbocycles. The third-order valence-electron chi connectivity index (χ3n) is 0.362. The second-order valence-corrected chi connectivity index (χ2v) is 5.54. The van der Waals surface area contributed by atoms with Gasteiger partial charge in [0.1, 0.15) is 0 Å². The van der Waals surface area contributed by atoms with Crippen LogP contribution in [0.15, 0.2) is 0 Å². The van der Waals surface area contributed by atoms with Gasteiger partial charge in [-0.05, 0) is 0 Å². The predicted molar refractivity (Wildman–Crippen MR) is 42.0 cm³/mol. The summed E-state index contributed by atoms with van der Waals surface area (Å²) < 4.78 is 0.271. The second-order valence-electron chi connectivity index (χ2n) is 2.44. The molecular formula is C5H12OS2. The van der Waals surface area contributed by atoms with Gasteiger partial charge in [-0.25, -0.2) is 0 Å². The second kappa shape index (κ2) is 3.64. The first kappa shape index (κ1) is 8.66. The number of hydrogen-bond donors (Lipinski definition) is 1. The van der Waals surface area contributed by atoms with Gasteiger partial charge < -0.3 is 5.11 Å². The topological polar surface area (TPSA) is 20.2 Å². The monoisotopic (exact) mass is 152 g/mol. The number of rotatable bonds is 2. The Labute approximate surface area is 58.6 Å². The molecule has 0 aromatic rings. The summed E-state index contributed by atoms with van der Waals surface area (Å²) in [7, 11) is 3.19. The maximum absolute atomic E-state index is 8.37. The average Bonchev–Trinajstić information content (AvgIpc) is 1.59. The lowest BCUT2D eigenvalue weighted by atomic mass is 10.3. The van der Waals surface area contributed by atoms with Crippen molar-refractivity contribution in [2.45, 2.75) is 25.5 Å². The lowest BCUT2D eigenvalue weighted by Crippen LogP contribution is -2.04. The average molecular weight is 152 g/mol. The Balaban J connectivity index is 3.11. The summed E-state index contributed by atoms with van der Waals surface area (Å²) in [6.45, 7) is 6.38. The van der Waals surface area contributed by atoms with Crippen molar-refractivity contribution in [2.24, 2.45) is 0 Å². The molecule has 0 aliphatic rings. The molecule has 0 aromatic heterocycles. The van der Waals surface area contributed by atoms with Crippen LogP contribution in [0, 0.1) is 0 Å². The molecule has 0 unspecified atom stereocenters. The van der Waals surface area contributed by atoms with E-state index < -0.39 is 0 Å². The molecule has 0 bridgehead atoms. The summed E-state index contributed by atoms with van der Waals surface area (Å²) in [5.41, 5.74) is 0. The van der Waals surface area contributed by atoms with E-state index in [2.05, 4.69) is 20.8 Å². The zero-order valence-corrected chi connectivity index (χ0v) is 7.10. The maximum Gasteiger partial charge on any atom is 0.0987 e. The Morgan fingerprint density at radius 2 is 1.88 bits per heavy atom. The van der Waals surface area contributed by atoms with Crippen molar-refractivity contribution in [2.75, 3.05) is 5.94 Å². The van der Waals surface area contributed by atoms with E-state index in [4.69, 9.17) is 5.11 Å². The highest BCUT2D eigenvalue weighted by atomic mass is 33.1. The molecule has 0 heterocycles. The fraction of sp³-hybridized carbons (Fsp3) is 1.00. The van der Waals surface area contributed by atoms with Gasteiger partial charge in [0.05, 0.1) is 5.94 Å². The smallest absolute Gasteiger partial charge is 0.0987 e. The van der Waals surface area contributed by atoms with Crippen molar-refractivity contribution in [3.63, 3.8) is 0 Å². The molecule has 0 spiro atoms. The van der Waals surface area contributed by atoms with Gasteiger partial charge in [0.15, 0.2) is 0 Å². The molecular weight excluding hydrogens is 140 g/mol. The van der Waals surface area contributed by atoms with Crippen molar-refractivity contribution >= 4 is 21.6 Å². The molecule has 0 fully saturated rings. The highest BCUT2D eigenvalue weighted by Gasteiger charge is 2.09. The van der Waals surface area contributed by atoms with E-state index in [-0.39, 0.29) is 10.7 Å². The Kier molecular flexibility index (Phi) is 3.94. The van der Waals surface area contributed by atoms with Gasteiger partial charge in [0.2, 0.25) is 0 Å². The zero-order chi connectivity index (χ0) is 6.62. The van der Waals surface area contributed by atoms with Crippen molar-refractivity contribution in [1.29, 1.82) is 0 Å². The first-order chi connectivity index (χ1) is 3.56. The summed E-state index contributed by atoms with van der Waals surface area (Å²) in [5, 5.41) is 8.37. The minimum absolute atomic E-state index is 0.210. The number of aliphatic hydroxyl groups is 1. The van der Waals surface area contributed by atoms with Crippen LogP contribution in [0.5, 0.6) is 0 Å². The summed E-state index contributed by atoms with van der Waals surface area (Å²) in [6, 6.07) is 0. The largest absolute Gasteiger partial charge is 0.385 e. The lowest BCUT2D eigenvalue weighted by molar-refractivity contribution is 0.376. The molecule has 0 atom stereocenters. The minimum Gasteiger partial charge on any atom is -0.385 e. The Morgan fingerprint density at radius 3 is 2.00 bits per heavy atom. The Bertz CT molecular complexity index is 57.9. The Morgan fingerprint density at radius 1 is 1.38 bits per heavy atom. The van der Waals surface area contributed by atoms with Gasteiger partial charge in [-0.3, -0.25) is 0 Å². The van der Waals surface area contributed by atoms with E-state index in [9.17, 15) is 0 Å². The van der Waals surface area contributed by atoms with Crippen molar-refractivity contribution in [1.82, 2.24) is 0 Å². The predicted octanol–water partition coefficient (Wildman–Crippen LogP) is 2.12.